The first-order chi connectivity index (χ1) is 8.90. The van der Waals surface area contributed by atoms with Crippen molar-refractivity contribution in [2.24, 2.45) is 5.73 Å². The van der Waals surface area contributed by atoms with Crippen molar-refractivity contribution in [3.63, 3.8) is 0 Å². The fourth-order valence-electron chi connectivity index (χ4n) is 1.89. The maximum absolute atomic E-state index is 11.9. The van der Waals surface area contributed by atoms with E-state index >= 15 is 0 Å². The van der Waals surface area contributed by atoms with Crippen molar-refractivity contribution in [3.05, 3.63) is 35.4 Å². The van der Waals surface area contributed by atoms with Gasteiger partial charge in [-0.2, -0.15) is 0 Å². The molecule has 1 unspecified atom stereocenters. The van der Waals surface area contributed by atoms with Gasteiger partial charge in [0.25, 0.3) is 0 Å². The van der Waals surface area contributed by atoms with Gasteiger partial charge in [0.1, 0.15) is 6.04 Å². The van der Waals surface area contributed by atoms with Crippen molar-refractivity contribution in [2.45, 2.75) is 38.8 Å². The summed E-state index contributed by atoms with van der Waals surface area (Å²) in [7, 11) is 1.53. The van der Waals surface area contributed by atoms with Crippen LogP contribution >= 0.6 is 12.4 Å². The molecule has 1 rings (SSSR count). The highest BCUT2D eigenvalue weighted by Gasteiger charge is 2.25. The number of rotatable bonds is 6. The zero-order valence-corrected chi connectivity index (χ0v) is 13.4. The van der Waals surface area contributed by atoms with Gasteiger partial charge in [-0.1, -0.05) is 31.2 Å². The molecule has 0 radical (unpaired) electrons. The SMILES string of the molecule is CCc1ccc(C(C)(C)NC(=O)C(N)COC)cc1.Cl. The lowest BCUT2D eigenvalue weighted by atomic mass is 9.92. The van der Waals surface area contributed by atoms with Crippen LogP contribution in [0.4, 0.5) is 0 Å². The monoisotopic (exact) mass is 300 g/mol. The summed E-state index contributed by atoms with van der Waals surface area (Å²) in [6.45, 7) is 6.26. The smallest absolute Gasteiger partial charge is 0.239 e. The number of carbonyl (C=O) groups excluding carboxylic acids is 1. The highest BCUT2D eigenvalue weighted by atomic mass is 35.5. The summed E-state index contributed by atoms with van der Waals surface area (Å²) in [4.78, 5) is 11.9. The van der Waals surface area contributed by atoms with E-state index in [0.29, 0.717) is 0 Å². The van der Waals surface area contributed by atoms with Crippen LogP contribution in [-0.2, 0) is 21.5 Å². The van der Waals surface area contributed by atoms with Crippen LogP contribution in [0.25, 0.3) is 0 Å². The number of benzene rings is 1. The molecule has 20 heavy (non-hydrogen) atoms. The van der Waals surface area contributed by atoms with E-state index in [4.69, 9.17) is 10.5 Å². The molecular formula is C15H25ClN2O2. The standard InChI is InChI=1S/C15H24N2O2.ClH/c1-5-11-6-8-12(9-7-11)15(2,3)17-14(18)13(16)10-19-4;/h6-9,13H,5,10,16H2,1-4H3,(H,17,18);1H. The van der Waals surface area contributed by atoms with Gasteiger partial charge >= 0.3 is 0 Å². The van der Waals surface area contributed by atoms with E-state index < -0.39 is 11.6 Å². The van der Waals surface area contributed by atoms with Crippen molar-refractivity contribution in [3.8, 4) is 0 Å². The van der Waals surface area contributed by atoms with Crippen LogP contribution in [0.1, 0.15) is 31.9 Å². The van der Waals surface area contributed by atoms with Crippen LogP contribution in [0.3, 0.4) is 0 Å². The molecule has 0 fully saturated rings. The first-order valence-electron chi connectivity index (χ1n) is 6.56. The van der Waals surface area contributed by atoms with Crippen molar-refractivity contribution in [1.82, 2.24) is 5.32 Å². The molecule has 3 N–H and O–H groups in total. The lowest BCUT2D eigenvalue weighted by Gasteiger charge is -2.28. The van der Waals surface area contributed by atoms with Gasteiger partial charge in [-0.15, -0.1) is 12.4 Å². The average molecular weight is 301 g/mol. The Morgan fingerprint density at radius 3 is 2.35 bits per heavy atom. The average Bonchev–Trinajstić information content (AvgIpc) is 2.38. The van der Waals surface area contributed by atoms with Crippen LogP contribution in [0.2, 0.25) is 0 Å². The highest BCUT2D eigenvalue weighted by molar-refractivity contribution is 5.85. The summed E-state index contributed by atoms with van der Waals surface area (Å²) >= 11 is 0. The predicted molar refractivity (Wildman–Crippen MR) is 84.1 cm³/mol. The number of halogens is 1. The third-order valence-electron chi connectivity index (χ3n) is 3.20. The van der Waals surface area contributed by atoms with E-state index in [-0.39, 0.29) is 24.9 Å². The minimum atomic E-state index is -0.640. The minimum absolute atomic E-state index is 0. The zero-order chi connectivity index (χ0) is 14.5. The van der Waals surface area contributed by atoms with Gasteiger partial charge in [0.2, 0.25) is 5.91 Å². The van der Waals surface area contributed by atoms with Crippen molar-refractivity contribution in [1.29, 1.82) is 0 Å². The number of amides is 1. The molecule has 0 saturated carbocycles. The topological polar surface area (TPSA) is 64.4 Å². The van der Waals surface area contributed by atoms with E-state index in [1.807, 2.05) is 26.0 Å². The molecule has 1 aromatic carbocycles. The first-order valence-corrected chi connectivity index (χ1v) is 6.56. The van der Waals surface area contributed by atoms with Crippen LogP contribution < -0.4 is 11.1 Å². The Bertz CT molecular complexity index is 418. The molecule has 0 heterocycles. The molecule has 0 spiro atoms. The van der Waals surface area contributed by atoms with Crippen LogP contribution in [-0.4, -0.2) is 25.7 Å². The van der Waals surface area contributed by atoms with E-state index in [0.717, 1.165) is 12.0 Å². The van der Waals surface area contributed by atoms with E-state index in [1.165, 1.54) is 12.7 Å². The molecule has 5 heteroatoms. The number of ether oxygens (including phenoxy) is 1. The summed E-state index contributed by atoms with van der Waals surface area (Å²) in [5, 5.41) is 2.95. The summed E-state index contributed by atoms with van der Waals surface area (Å²) in [5.41, 5.74) is 7.61. The second-order valence-electron chi connectivity index (χ2n) is 5.23. The maximum atomic E-state index is 11.9. The second kappa shape index (κ2) is 8.25. The van der Waals surface area contributed by atoms with Gasteiger partial charge in [0, 0.05) is 7.11 Å². The summed E-state index contributed by atoms with van der Waals surface area (Å²) < 4.78 is 4.89. The molecular weight excluding hydrogens is 276 g/mol. The molecule has 114 valence electrons. The molecule has 0 saturated heterocycles. The molecule has 1 atom stereocenters. The van der Waals surface area contributed by atoms with Gasteiger partial charge in [-0.3, -0.25) is 4.79 Å². The van der Waals surface area contributed by atoms with Gasteiger partial charge in [0.05, 0.1) is 12.1 Å². The fraction of sp³-hybridized carbons (Fsp3) is 0.533. The minimum Gasteiger partial charge on any atom is -0.383 e. The Balaban J connectivity index is 0.00000361. The van der Waals surface area contributed by atoms with Crippen LogP contribution in [0, 0.1) is 0 Å². The molecule has 4 nitrogen and oxygen atoms in total. The number of methoxy groups -OCH3 is 1. The molecule has 0 aliphatic carbocycles. The molecule has 0 bridgehead atoms. The van der Waals surface area contributed by atoms with Gasteiger partial charge < -0.3 is 15.8 Å². The highest BCUT2D eigenvalue weighted by Crippen LogP contribution is 2.20. The van der Waals surface area contributed by atoms with Gasteiger partial charge in [0.15, 0.2) is 0 Å². The van der Waals surface area contributed by atoms with Crippen molar-refractivity contribution in [2.75, 3.05) is 13.7 Å². The Labute approximate surface area is 127 Å². The Kier molecular flexibility index (Phi) is 7.79. The normalized spacial score (nSPS) is 12.4. The van der Waals surface area contributed by atoms with Gasteiger partial charge in [-0.05, 0) is 31.4 Å². The first kappa shape index (κ1) is 18.9. The predicted octanol–water partition coefficient (Wildman–Crippen LogP) is 2.00. The van der Waals surface area contributed by atoms with Crippen LogP contribution in [0.15, 0.2) is 24.3 Å². The third kappa shape index (κ3) is 5.12. The summed E-state index contributed by atoms with van der Waals surface area (Å²) in [6, 6.07) is 7.61. The number of aryl methyl sites for hydroxylation is 1. The van der Waals surface area contributed by atoms with Crippen molar-refractivity contribution >= 4 is 18.3 Å². The number of nitrogens with one attached hydrogen (secondary N) is 1. The third-order valence-corrected chi connectivity index (χ3v) is 3.20. The van der Waals surface area contributed by atoms with E-state index in [2.05, 4.69) is 24.4 Å². The molecule has 0 aliphatic rings. The maximum Gasteiger partial charge on any atom is 0.239 e. The number of carbonyl (C=O) groups is 1. The second-order valence-corrected chi connectivity index (χ2v) is 5.23. The van der Waals surface area contributed by atoms with Gasteiger partial charge in [-0.25, -0.2) is 0 Å². The summed E-state index contributed by atoms with van der Waals surface area (Å²) in [6.07, 6.45) is 1.01. The quantitative estimate of drug-likeness (QED) is 0.844. The molecule has 0 aliphatic heterocycles. The van der Waals surface area contributed by atoms with E-state index in [9.17, 15) is 4.79 Å². The number of nitrogens with two attached hydrogens (primary N) is 1. The Morgan fingerprint density at radius 2 is 1.90 bits per heavy atom. The molecule has 1 aromatic rings. The van der Waals surface area contributed by atoms with Crippen LogP contribution in [0.5, 0.6) is 0 Å². The molecule has 0 aromatic heterocycles. The summed E-state index contributed by atoms with van der Waals surface area (Å²) in [5.74, 6) is -0.202. The van der Waals surface area contributed by atoms with Crippen molar-refractivity contribution < 1.29 is 9.53 Å². The Hall–Kier alpha value is -1.10. The fourth-order valence-corrected chi connectivity index (χ4v) is 1.89. The van der Waals surface area contributed by atoms with E-state index in [1.54, 1.807) is 0 Å². The zero-order valence-electron chi connectivity index (χ0n) is 12.6. The Morgan fingerprint density at radius 1 is 1.35 bits per heavy atom. The molecule has 1 amide bonds. The number of hydrogen-bond donors (Lipinski definition) is 2. The lowest BCUT2D eigenvalue weighted by Crippen LogP contribution is -2.50. The lowest BCUT2D eigenvalue weighted by molar-refractivity contribution is -0.125. The number of hydrogen-bond acceptors (Lipinski definition) is 3. The largest absolute Gasteiger partial charge is 0.383 e.